The van der Waals surface area contributed by atoms with E-state index in [0.29, 0.717) is 0 Å². The van der Waals surface area contributed by atoms with Gasteiger partial charge in [-0.1, -0.05) is 135 Å². The van der Waals surface area contributed by atoms with Gasteiger partial charge in [0, 0.05) is 0 Å². The standard InChI is InChI=1S/2C26H21.C2H6Si.2ClH.Zr/c2*1-2-7-18-14-21-10-5-12-23(25(21)15-18)24-13-6-11-22-16-19-8-3-4-9-20(19)17-26(22)24;1-3-2;;;/h2*3-6,8-17H,2,7H2,1H3;1-2H3;2*1H;/q2*-1;;;;+2/p-2. The normalized spacial score (nSPS) is 11.2. The van der Waals surface area contributed by atoms with Gasteiger partial charge in [0.2, 0.25) is 0 Å². The molecule has 10 aromatic rings. The summed E-state index contributed by atoms with van der Waals surface area (Å²) in [6, 6.07) is 62.7. The molecule has 10 aromatic carbocycles. The molecule has 0 aromatic heterocycles. The van der Waals surface area contributed by atoms with Crippen molar-refractivity contribution < 1.29 is 18.0 Å². The molecule has 0 saturated carbocycles. The van der Waals surface area contributed by atoms with Gasteiger partial charge >= 0.3 is 53.5 Å². The Morgan fingerprint density at radius 2 is 0.741 bits per heavy atom. The van der Waals surface area contributed by atoms with E-state index in [1.165, 1.54) is 111 Å². The fourth-order valence-corrected chi connectivity index (χ4v) is 8.33. The number of benzene rings is 8. The Morgan fingerprint density at radius 3 is 1.10 bits per heavy atom. The molecule has 0 spiro atoms. The van der Waals surface area contributed by atoms with Crippen LogP contribution in [0, 0.1) is 0 Å². The molecule has 0 saturated heterocycles. The van der Waals surface area contributed by atoms with Gasteiger partial charge in [-0.3, -0.25) is 0 Å². The van der Waals surface area contributed by atoms with Crippen molar-refractivity contribution in [3.63, 3.8) is 0 Å². The van der Waals surface area contributed by atoms with Gasteiger partial charge in [-0.25, -0.2) is 0 Å². The Balaban J connectivity index is 0.000000142. The molecule has 0 aliphatic carbocycles. The molecule has 0 bridgehead atoms. The summed E-state index contributed by atoms with van der Waals surface area (Å²) in [6.07, 6.45) is 4.67. The van der Waals surface area contributed by atoms with E-state index >= 15 is 0 Å². The fraction of sp³-hybridized carbons (Fsp3) is 0.148. The zero-order chi connectivity index (χ0) is 40.2. The molecule has 0 aliphatic heterocycles. The van der Waals surface area contributed by atoms with Gasteiger partial charge in [0.1, 0.15) is 0 Å². The van der Waals surface area contributed by atoms with Gasteiger partial charge in [-0.15, -0.1) is 69.1 Å². The number of hydrogen-bond donors (Lipinski definition) is 0. The van der Waals surface area contributed by atoms with Gasteiger partial charge in [0.05, 0.1) is 0 Å². The fourth-order valence-electron chi connectivity index (χ4n) is 8.33. The minimum atomic E-state index is -1.65. The number of fused-ring (bicyclic) bond motifs is 6. The van der Waals surface area contributed by atoms with Gasteiger partial charge in [0.15, 0.2) is 0 Å². The van der Waals surface area contributed by atoms with Crippen molar-refractivity contribution in [1.29, 1.82) is 0 Å². The maximum atomic E-state index is 5.62. The van der Waals surface area contributed by atoms with Gasteiger partial charge < -0.3 is 0 Å². The first kappa shape index (κ1) is 40.5. The number of hydrogen-bond acceptors (Lipinski definition) is 0. The van der Waals surface area contributed by atoms with Crippen molar-refractivity contribution in [2.75, 3.05) is 0 Å². The predicted octanol–water partition coefficient (Wildman–Crippen LogP) is 17.1. The van der Waals surface area contributed by atoms with E-state index in [9.17, 15) is 0 Å². The van der Waals surface area contributed by atoms with Crippen LogP contribution in [0.15, 0.2) is 170 Å². The summed E-state index contributed by atoms with van der Waals surface area (Å²) in [6.45, 7) is 8.82. The summed E-state index contributed by atoms with van der Waals surface area (Å²) >= 11 is -1.65. The van der Waals surface area contributed by atoms with E-state index in [1.54, 1.807) is 0 Å². The predicted molar refractivity (Wildman–Crippen MR) is 257 cm³/mol. The van der Waals surface area contributed by atoms with Crippen LogP contribution in [0.4, 0.5) is 0 Å². The average molecular weight is 887 g/mol. The van der Waals surface area contributed by atoms with Crippen LogP contribution < -0.4 is 0 Å². The topological polar surface area (TPSA) is 0 Å². The van der Waals surface area contributed by atoms with Gasteiger partial charge in [-0.05, 0) is 91.3 Å². The average Bonchev–Trinajstić information content (AvgIpc) is 3.86. The van der Waals surface area contributed by atoms with Crippen LogP contribution in [0.2, 0.25) is 13.1 Å². The molecular formula is C54H48Cl2SiZr-2. The third-order valence-corrected chi connectivity index (χ3v) is 30.9. The molecule has 0 fully saturated rings. The Labute approximate surface area is 358 Å². The molecule has 0 aliphatic rings. The summed E-state index contributed by atoms with van der Waals surface area (Å²) in [5.74, 6) is 0. The molecule has 0 unspecified atom stereocenters. The van der Waals surface area contributed by atoms with Crippen LogP contribution in [0.5, 0.6) is 0 Å². The third-order valence-electron chi connectivity index (χ3n) is 11.2. The molecule has 0 atom stereocenters. The van der Waals surface area contributed by atoms with Crippen LogP contribution in [0.3, 0.4) is 0 Å². The Bertz CT molecular complexity index is 2870. The molecular weight excluding hydrogens is 839 g/mol. The zero-order valence-electron chi connectivity index (χ0n) is 33.8. The van der Waals surface area contributed by atoms with E-state index in [-0.39, 0.29) is 5.43 Å². The second-order valence-electron chi connectivity index (χ2n) is 15.6. The van der Waals surface area contributed by atoms with E-state index in [2.05, 4.69) is 197 Å². The van der Waals surface area contributed by atoms with E-state index in [1.807, 2.05) is 0 Å². The number of halogens is 2. The van der Waals surface area contributed by atoms with Crippen molar-refractivity contribution in [1.82, 2.24) is 0 Å². The van der Waals surface area contributed by atoms with E-state index in [0.717, 1.165) is 12.8 Å². The molecule has 58 heavy (non-hydrogen) atoms. The van der Waals surface area contributed by atoms with Gasteiger partial charge in [0.25, 0.3) is 0 Å². The second-order valence-corrected chi connectivity index (χ2v) is 38.5. The summed E-state index contributed by atoms with van der Waals surface area (Å²) in [5, 5.41) is 15.9. The van der Waals surface area contributed by atoms with Crippen LogP contribution in [0.25, 0.3) is 86.9 Å². The molecule has 288 valence electrons. The van der Waals surface area contributed by atoms with Crippen molar-refractivity contribution in [2.45, 2.75) is 52.6 Å². The Kier molecular flexibility index (Phi) is 12.8. The Hall–Kier alpha value is -4.30. The monoisotopic (exact) mass is 884 g/mol. The first-order valence-electron chi connectivity index (χ1n) is 20.5. The van der Waals surface area contributed by atoms with Crippen molar-refractivity contribution in [3.8, 4) is 22.3 Å². The summed E-state index contributed by atoms with van der Waals surface area (Å²) in [7, 11) is 11.2. The molecule has 0 radical (unpaired) electrons. The number of aryl methyl sites for hydroxylation is 2. The zero-order valence-corrected chi connectivity index (χ0v) is 38.7. The van der Waals surface area contributed by atoms with Crippen molar-refractivity contribution in [3.05, 3.63) is 181 Å². The molecule has 10 rings (SSSR count). The second kappa shape index (κ2) is 18.3. The maximum absolute atomic E-state index is 5.62. The van der Waals surface area contributed by atoms with Crippen LogP contribution in [-0.2, 0) is 30.8 Å². The molecule has 0 amide bonds. The van der Waals surface area contributed by atoms with Crippen molar-refractivity contribution >= 4 is 87.1 Å². The van der Waals surface area contributed by atoms with Crippen LogP contribution in [-0.4, -0.2) is 5.43 Å². The van der Waals surface area contributed by atoms with Crippen LogP contribution in [0.1, 0.15) is 37.8 Å². The molecule has 0 heterocycles. The molecule has 0 N–H and O–H groups in total. The Morgan fingerprint density at radius 1 is 0.414 bits per heavy atom. The van der Waals surface area contributed by atoms with Crippen molar-refractivity contribution in [2.24, 2.45) is 0 Å². The van der Waals surface area contributed by atoms with E-state index < -0.39 is 18.0 Å². The first-order valence-corrected chi connectivity index (χ1v) is 33.0. The summed E-state index contributed by atoms with van der Waals surface area (Å²) in [5.41, 5.74) is 8.00. The quantitative estimate of drug-likeness (QED) is 0.0887. The summed E-state index contributed by atoms with van der Waals surface area (Å²) < 4.78 is 0. The number of rotatable bonds is 6. The summed E-state index contributed by atoms with van der Waals surface area (Å²) in [4.78, 5) is 0. The van der Waals surface area contributed by atoms with Gasteiger partial charge in [-0.2, -0.15) is 12.1 Å². The third kappa shape index (κ3) is 8.68. The minimum absolute atomic E-state index is 0.224. The van der Waals surface area contributed by atoms with E-state index in [4.69, 9.17) is 17.0 Å². The first-order chi connectivity index (χ1) is 28.3. The SMILES string of the molecule is CCCc1cc2c(-c3cccc4cc5ccccc5cc34)cccc2[cH-]1.CCCc1cc2c(-c3cccc4cc5ccccc5cc34)cccc2[cH-]1.C[Si](C)=[Zr]([Cl])[Cl]. The molecule has 4 heteroatoms. The molecule has 0 nitrogen and oxygen atoms in total. The van der Waals surface area contributed by atoms with Crippen LogP contribution >= 0.6 is 17.0 Å².